The Morgan fingerprint density at radius 3 is 2.74 bits per heavy atom. The number of aliphatic hydroxyl groups is 1. The van der Waals surface area contributed by atoms with Crippen LogP contribution in [-0.2, 0) is 5.41 Å². The van der Waals surface area contributed by atoms with Crippen LogP contribution in [0, 0.1) is 5.92 Å². The van der Waals surface area contributed by atoms with Crippen LogP contribution >= 0.6 is 0 Å². The standard InChI is InChI=1S/C16H25NO2/c1-10(5-4-6-18)9-16(3)11(2)12-7-14(17)15(19)8-13(12)16/h7-8,10-11,18-19H,4-6,9,17H2,1-3H3. The molecule has 0 bridgehead atoms. The summed E-state index contributed by atoms with van der Waals surface area (Å²) in [5.74, 6) is 1.24. The molecule has 3 nitrogen and oxygen atoms in total. The first kappa shape index (κ1) is 14.2. The summed E-state index contributed by atoms with van der Waals surface area (Å²) in [5.41, 5.74) is 8.87. The fourth-order valence-corrected chi connectivity index (χ4v) is 3.53. The highest BCUT2D eigenvalue weighted by atomic mass is 16.3. The summed E-state index contributed by atoms with van der Waals surface area (Å²) in [5, 5.41) is 18.7. The van der Waals surface area contributed by atoms with Gasteiger partial charge < -0.3 is 15.9 Å². The van der Waals surface area contributed by atoms with Crippen LogP contribution < -0.4 is 5.73 Å². The van der Waals surface area contributed by atoms with Gasteiger partial charge in [-0.2, -0.15) is 0 Å². The molecule has 0 saturated heterocycles. The van der Waals surface area contributed by atoms with E-state index in [2.05, 4.69) is 20.8 Å². The monoisotopic (exact) mass is 263 g/mol. The number of benzene rings is 1. The Bertz CT molecular complexity index is 472. The highest BCUT2D eigenvalue weighted by Crippen LogP contribution is 2.56. The molecule has 2 rings (SSSR count). The Hall–Kier alpha value is -1.22. The minimum absolute atomic E-state index is 0.120. The first-order valence-corrected chi connectivity index (χ1v) is 7.14. The van der Waals surface area contributed by atoms with E-state index in [0.717, 1.165) is 19.3 Å². The summed E-state index contributed by atoms with van der Waals surface area (Å²) in [4.78, 5) is 0. The molecule has 0 amide bonds. The Kier molecular flexibility index (Phi) is 3.77. The number of fused-ring (bicyclic) bond motifs is 1. The van der Waals surface area contributed by atoms with Crippen molar-refractivity contribution in [2.45, 2.75) is 51.4 Å². The van der Waals surface area contributed by atoms with Crippen molar-refractivity contribution >= 4 is 5.69 Å². The van der Waals surface area contributed by atoms with Gasteiger partial charge in [-0.15, -0.1) is 0 Å². The molecule has 1 aromatic carbocycles. The van der Waals surface area contributed by atoms with Gasteiger partial charge >= 0.3 is 0 Å². The predicted octanol–water partition coefficient (Wildman–Crippen LogP) is 3.15. The minimum Gasteiger partial charge on any atom is -0.506 e. The summed E-state index contributed by atoms with van der Waals surface area (Å²) in [7, 11) is 0. The van der Waals surface area contributed by atoms with E-state index in [-0.39, 0.29) is 17.8 Å². The van der Waals surface area contributed by atoms with Crippen molar-refractivity contribution in [3.63, 3.8) is 0 Å². The molecule has 3 unspecified atom stereocenters. The van der Waals surface area contributed by atoms with E-state index in [1.165, 1.54) is 11.1 Å². The van der Waals surface area contributed by atoms with Crippen molar-refractivity contribution in [2.24, 2.45) is 5.92 Å². The molecule has 0 aliphatic heterocycles. The summed E-state index contributed by atoms with van der Waals surface area (Å²) >= 11 is 0. The van der Waals surface area contributed by atoms with E-state index in [9.17, 15) is 5.11 Å². The average Bonchev–Trinajstić information content (AvgIpc) is 2.38. The van der Waals surface area contributed by atoms with Gasteiger partial charge in [-0.3, -0.25) is 0 Å². The molecular weight excluding hydrogens is 238 g/mol. The van der Waals surface area contributed by atoms with Crippen LogP contribution in [-0.4, -0.2) is 16.8 Å². The Morgan fingerprint density at radius 1 is 1.42 bits per heavy atom. The zero-order valence-electron chi connectivity index (χ0n) is 12.1. The van der Waals surface area contributed by atoms with Crippen molar-refractivity contribution in [3.05, 3.63) is 23.3 Å². The SMILES string of the molecule is CC(CCCO)CC1(C)c2cc(O)c(N)cc2C1C. The lowest BCUT2D eigenvalue weighted by Crippen LogP contribution is -2.41. The smallest absolute Gasteiger partial charge is 0.138 e. The number of hydrogen-bond acceptors (Lipinski definition) is 3. The molecule has 3 heteroatoms. The van der Waals surface area contributed by atoms with E-state index in [1.54, 1.807) is 0 Å². The van der Waals surface area contributed by atoms with Crippen LogP contribution in [0.2, 0.25) is 0 Å². The quantitative estimate of drug-likeness (QED) is 0.564. The van der Waals surface area contributed by atoms with Crippen LogP contribution in [0.1, 0.15) is 57.1 Å². The molecule has 19 heavy (non-hydrogen) atoms. The van der Waals surface area contributed by atoms with Gasteiger partial charge in [0.15, 0.2) is 0 Å². The topological polar surface area (TPSA) is 66.5 Å². The number of phenols is 1. The van der Waals surface area contributed by atoms with Crippen molar-refractivity contribution < 1.29 is 10.2 Å². The number of rotatable bonds is 5. The molecule has 0 heterocycles. The Morgan fingerprint density at radius 2 is 2.11 bits per heavy atom. The lowest BCUT2D eigenvalue weighted by Gasteiger charge is -2.49. The fraction of sp³-hybridized carbons (Fsp3) is 0.625. The second-order valence-corrected chi connectivity index (χ2v) is 6.31. The van der Waals surface area contributed by atoms with Gasteiger partial charge in [0.05, 0.1) is 5.69 Å². The van der Waals surface area contributed by atoms with Gasteiger partial charge in [-0.25, -0.2) is 0 Å². The second-order valence-electron chi connectivity index (χ2n) is 6.31. The van der Waals surface area contributed by atoms with Crippen molar-refractivity contribution in [3.8, 4) is 5.75 Å². The number of aliphatic hydroxyl groups excluding tert-OH is 1. The highest BCUT2D eigenvalue weighted by molar-refractivity contribution is 5.63. The van der Waals surface area contributed by atoms with Gasteiger partial charge in [-0.05, 0) is 59.8 Å². The van der Waals surface area contributed by atoms with Gasteiger partial charge in [0.1, 0.15) is 5.75 Å². The molecule has 1 aromatic rings. The molecule has 0 aromatic heterocycles. The number of phenolic OH excluding ortho intramolecular Hbond substituents is 1. The predicted molar refractivity (Wildman–Crippen MR) is 78.4 cm³/mol. The number of aromatic hydroxyl groups is 1. The normalized spacial score (nSPS) is 26.6. The van der Waals surface area contributed by atoms with Gasteiger partial charge in [-0.1, -0.05) is 20.8 Å². The first-order chi connectivity index (χ1) is 8.90. The van der Waals surface area contributed by atoms with Crippen molar-refractivity contribution in [1.82, 2.24) is 0 Å². The maximum atomic E-state index is 9.79. The Balaban J connectivity index is 2.18. The lowest BCUT2D eigenvalue weighted by atomic mass is 9.55. The zero-order valence-corrected chi connectivity index (χ0v) is 12.1. The number of nitrogen functional groups attached to an aromatic ring is 1. The molecule has 1 aliphatic carbocycles. The van der Waals surface area contributed by atoms with E-state index in [0.29, 0.717) is 17.5 Å². The minimum atomic E-state index is 0.120. The molecular formula is C16H25NO2. The third-order valence-electron chi connectivity index (χ3n) is 4.86. The molecule has 0 fully saturated rings. The second kappa shape index (κ2) is 5.04. The molecule has 3 atom stereocenters. The molecule has 0 spiro atoms. The van der Waals surface area contributed by atoms with Crippen LogP contribution in [0.3, 0.4) is 0 Å². The maximum absolute atomic E-state index is 9.79. The molecule has 106 valence electrons. The highest BCUT2D eigenvalue weighted by Gasteiger charge is 2.46. The molecule has 4 N–H and O–H groups in total. The van der Waals surface area contributed by atoms with Gasteiger partial charge in [0, 0.05) is 6.61 Å². The first-order valence-electron chi connectivity index (χ1n) is 7.14. The van der Waals surface area contributed by atoms with E-state index < -0.39 is 0 Å². The number of hydrogen-bond donors (Lipinski definition) is 3. The van der Waals surface area contributed by atoms with Crippen molar-refractivity contribution in [2.75, 3.05) is 12.3 Å². The average molecular weight is 263 g/mol. The molecule has 0 saturated carbocycles. The third kappa shape index (κ3) is 2.32. The summed E-state index contributed by atoms with van der Waals surface area (Å²) in [6.07, 6.45) is 3.01. The van der Waals surface area contributed by atoms with Crippen LogP contribution in [0.5, 0.6) is 5.75 Å². The largest absolute Gasteiger partial charge is 0.506 e. The summed E-state index contributed by atoms with van der Waals surface area (Å²) in [6, 6.07) is 3.75. The van der Waals surface area contributed by atoms with Gasteiger partial charge in [0.2, 0.25) is 0 Å². The molecule has 0 radical (unpaired) electrons. The van der Waals surface area contributed by atoms with E-state index in [4.69, 9.17) is 10.8 Å². The summed E-state index contributed by atoms with van der Waals surface area (Å²) in [6.45, 7) is 7.01. The zero-order chi connectivity index (χ0) is 14.2. The number of anilines is 1. The lowest BCUT2D eigenvalue weighted by molar-refractivity contribution is 0.232. The Labute approximate surface area is 115 Å². The van der Waals surface area contributed by atoms with Crippen LogP contribution in [0.25, 0.3) is 0 Å². The van der Waals surface area contributed by atoms with Crippen LogP contribution in [0.4, 0.5) is 5.69 Å². The third-order valence-corrected chi connectivity index (χ3v) is 4.86. The maximum Gasteiger partial charge on any atom is 0.138 e. The van der Waals surface area contributed by atoms with Crippen molar-refractivity contribution in [1.29, 1.82) is 0 Å². The summed E-state index contributed by atoms with van der Waals surface area (Å²) < 4.78 is 0. The van der Waals surface area contributed by atoms with E-state index in [1.807, 2.05) is 12.1 Å². The van der Waals surface area contributed by atoms with Crippen LogP contribution in [0.15, 0.2) is 12.1 Å². The molecule has 1 aliphatic rings. The van der Waals surface area contributed by atoms with E-state index >= 15 is 0 Å². The fourth-order valence-electron chi connectivity index (χ4n) is 3.53. The van der Waals surface area contributed by atoms with Gasteiger partial charge in [0.25, 0.3) is 0 Å². The number of nitrogens with two attached hydrogens (primary N) is 1.